The van der Waals surface area contributed by atoms with Crippen LogP contribution in [0.1, 0.15) is 115 Å². The zero-order valence-electron chi connectivity index (χ0n) is 24.6. The zero-order chi connectivity index (χ0) is 26.5. The molecule has 1 aromatic rings. The number of rotatable bonds is 1. The maximum Gasteiger partial charge on any atom is 0.339 e. The van der Waals surface area contributed by atoms with Gasteiger partial charge in [0.1, 0.15) is 0 Å². The first-order valence-electron chi connectivity index (χ1n) is 15.2. The summed E-state index contributed by atoms with van der Waals surface area (Å²) < 4.78 is 5.06. The highest BCUT2D eigenvalue weighted by Gasteiger charge is 2.67. The molecule has 0 unspecified atom stereocenters. The van der Waals surface area contributed by atoms with E-state index < -0.39 is 0 Å². The van der Waals surface area contributed by atoms with Gasteiger partial charge in [-0.25, -0.2) is 4.79 Å². The number of carbonyl (C=O) groups excluding carboxylic acids is 1. The molecule has 0 amide bonds. The van der Waals surface area contributed by atoms with Gasteiger partial charge in [0, 0.05) is 17.3 Å². The molecule has 37 heavy (non-hydrogen) atoms. The smallest absolute Gasteiger partial charge is 0.339 e. The highest BCUT2D eigenvalue weighted by molar-refractivity contribution is 5.89. The van der Waals surface area contributed by atoms with Gasteiger partial charge >= 0.3 is 5.97 Å². The minimum absolute atomic E-state index is 0.00577. The summed E-state index contributed by atoms with van der Waals surface area (Å²) in [5, 5.41) is 0. The number of esters is 1. The summed E-state index contributed by atoms with van der Waals surface area (Å²) in [5.74, 6) is 4.32. The number of allylic oxidation sites excluding steroid dienone is 2. The van der Waals surface area contributed by atoms with Gasteiger partial charge < -0.3 is 4.74 Å². The number of nitrogens with zero attached hydrogens (tertiary/aromatic N) is 1. The Balaban J connectivity index is 1.44. The standard InChI is InChI=1S/C34H49NO2/c1-20-9-10-22-13-15-33(6)25(28(22)21(20)2)11-12-27-32(5)18-23-17-24(30(36)37-8)19-35-29(23)31(3,4)26(32)14-16-34(27,33)7/h11,17,19-22,26-28H,9-10,12-16,18H2,1-8H3/t20-,21+,22+,26+,27-,28-,32+,33-,34-/m1/s1. The molecule has 6 rings (SSSR count). The first-order chi connectivity index (χ1) is 17.4. The van der Waals surface area contributed by atoms with E-state index in [-0.39, 0.29) is 16.8 Å². The van der Waals surface area contributed by atoms with Gasteiger partial charge in [0.2, 0.25) is 0 Å². The van der Waals surface area contributed by atoms with Crippen LogP contribution in [0.15, 0.2) is 23.9 Å². The molecule has 5 aliphatic rings. The molecular weight excluding hydrogens is 454 g/mol. The largest absolute Gasteiger partial charge is 0.465 e. The van der Waals surface area contributed by atoms with Crippen LogP contribution in [-0.2, 0) is 16.6 Å². The molecule has 1 heterocycles. The number of fused-ring (bicyclic) bond motifs is 8. The topological polar surface area (TPSA) is 39.2 Å². The monoisotopic (exact) mass is 503 g/mol. The van der Waals surface area contributed by atoms with E-state index >= 15 is 0 Å². The van der Waals surface area contributed by atoms with Gasteiger partial charge in [-0.3, -0.25) is 4.98 Å². The van der Waals surface area contributed by atoms with Crippen LogP contribution in [0.4, 0.5) is 0 Å². The third-order valence-electron chi connectivity index (χ3n) is 13.6. The van der Waals surface area contributed by atoms with Crippen LogP contribution in [0.5, 0.6) is 0 Å². The average molecular weight is 504 g/mol. The third kappa shape index (κ3) is 3.24. The molecule has 0 radical (unpaired) electrons. The maximum absolute atomic E-state index is 12.4. The van der Waals surface area contributed by atoms with E-state index in [1.54, 1.807) is 6.20 Å². The van der Waals surface area contributed by atoms with Crippen LogP contribution in [0.3, 0.4) is 0 Å². The van der Waals surface area contributed by atoms with Crippen LogP contribution in [0.25, 0.3) is 0 Å². The van der Waals surface area contributed by atoms with Gasteiger partial charge in [0.05, 0.1) is 12.7 Å². The fourth-order valence-electron chi connectivity index (χ4n) is 11.3. The molecule has 3 heteroatoms. The SMILES string of the molecule is COC(=O)c1cnc2c(c1)C[C@]1(C)[C@H]3CC=C4[C@H]5[C@@H](CC[C@@H](C)[C@@H]5C)CC[C@@]4(C)[C@]3(C)CC[C@H]1C2(C)C. The predicted octanol–water partition coefficient (Wildman–Crippen LogP) is 8.17. The summed E-state index contributed by atoms with van der Waals surface area (Å²) in [6.07, 6.45) is 15.0. The number of hydrogen-bond donors (Lipinski definition) is 0. The van der Waals surface area contributed by atoms with E-state index in [4.69, 9.17) is 9.72 Å². The van der Waals surface area contributed by atoms with Crippen LogP contribution in [0.2, 0.25) is 0 Å². The van der Waals surface area contributed by atoms with Crippen molar-refractivity contribution in [2.45, 2.75) is 105 Å². The Morgan fingerprint density at radius 1 is 1.00 bits per heavy atom. The third-order valence-corrected chi connectivity index (χ3v) is 13.6. The van der Waals surface area contributed by atoms with Crippen molar-refractivity contribution in [3.8, 4) is 0 Å². The van der Waals surface area contributed by atoms with E-state index in [0.717, 1.165) is 30.1 Å². The van der Waals surface area contributed by atoms with Gasteiger partial charge in [-0.1, -0.05) is 66.5 Å². The molecule has 0 aliphatic heterocycles. The summed E-state index contributed by atoms with van der Waals surface area (Å²) in [5.41, 5.74) is 5.72. The Morgan fingerprint density at radius 2 is 1.76 bits per heavy atom. The molecule has 202 valence electrons. The summed E-state index contributed by atoms with van der Waals surface area (Å²) in [7, 11) is 1.46. The molecular formula is C34H49NO2. The van der Waals surface area contributed by atoms with E-state index in [2.05, 4.69) is 60.6 Å². The second-order valence-electron chi connectivity index (χ2n) is 15.2. The van der Waals surface area contributed by atoms with Crippen LogP contribution in [0, 0.1) is 51.8 Å². The molecule has 0 spiro atoms. The number of hydrogen-bond acceptors (Lipinski definition) is 3. The second-order valence-corrected chi connectivity index (χ2v) is 15.2. The van der Waals surface area contributed by atoms with Gasteiger partial charge in [0.15, 0.2) is 0 Å². The minimum Gasteiger partial charge on any atom is -0.465 e. The van der Waals surface area contributed by atoms with E-state index in [1.807, 2.05) is 5.57 Å². The fourth-order valence-corrected chi connectivity index (χ4v) is 11.3. The maximum atomic E-state index is 12.4. The molecule has 9 atom stereocenters. The molecule has 1 aromatic heterocycles. The van der Waals surface area contributed by atoms with E-state index in [0.29, 0.717) is 28.2 Å². The van der Waals surface area contributed by atoms with Crippen molar-refractivity contribution in [3.63, 3.8) is 0 Å². The molecule has 3 saturated carbocycles. The quantitative estimate of drug-likeness (QED) is 0.286. The van der Waals surface area contributed by atoms with Gasteiger partial charge in [0.25, 0.3) is 0 Å². The predicted molar refractivity (Wildman–Crippen MR) is 149 cm³/mol. The van der Waals surface area contributed by atoms with Crippen molar-refractivity contribution in [1.29, 1.82) is 0 Å². The first kappa shape index (κ1) is 25.6. The Bertz CT molecular complexity index is 1150. The molecule has 5 aliphatic carbocycles. The van der Waals surface area contributed by atoms with Crippen molar-refractivity contribution in [1.82, 2.24) is 4.98 Å². The van der Waals surface area contributed by atoms with Crippen molar-refractivity contribution < 1.29 is 9.53 Å². The lowest BCUT2D eigenvalue weighted by molar-refractivity contribution is -0.153. The summed E-state index contributed by atoms with van der Waals surface area (Å²) in [4.78, 5) is 17.3. The highest BCUT2D eigenvalue weighted by atomic mass is 16.5. The average Bonchev–Trinajstić information content (AvgIpc) is 2.85. The van der Waals surface area contributed by atoms with Crippen molar-refractivity contribution in [2.75, 3.05) is 7.11 Å². The van der Waals surface area contributed by atoms with Crippen molar-refractivity contribution in [3.05, 3.63) is 40.7 Å². The van der Waals surface area contributed by atoms with Gasteiger partial charge in [-0.15, -0.1) is 0 Å². The molecule has 0 aromatic carbocycles. The van der Waals surface area contributed by atoms with Crippen molar-refractivity contribution in [2.24, 2.45) is 51.8 Å². The second kappa shape index (κ2) is 8.18. The lowest BCUT2D eigenvalue weighted by Gasteiger charge is -2.70. The zero-order valence-corrected chi connectivity index (χ0v) is 24.6. The normalized spacial score (nSPS) is 45.8. The molecule has 3 fully saturated rings. The number of methoxy groups -OCH3 is 1. The summed E-state index contributed by atoms with van der Waals surface area (Å²) in [6.45, 7) is 17.9. The Kier molecular flexibility index (Phi) is 5.67. The Labute approximate surface area is 225 Å². The number of ether oxygens (including phenoxy) is 1. The molecule has 0 saturated heterocycles. The molecule has 0 bridgehead atoms. The van der Waals surface area contributed by atoms with Crippen LogP contribution >= 0.6 is 0 Å². The molecule has 0 N–H and O–H groups in total. The Morgan fingerprint density at radius 3 is 2.49 bits per heavy atom. The molecule has 3 nitrogen and oxygen atoms in total. The van der Waals surface area contributed by atoms with Gasteiger partial charge in [-0.05, 0) is 108 Å². The lowest BCUT2D eigenvalue weighted by atomic mass is 9.34. The highest BCUT2D eigenvalue weighted by Crippen LogP contribution is 2.73. The van der Waals surface area contributed by atoms with Crippen LogP contribution < -0.4 is 0 Å². The Hall–Kier alpha value is -1.64. The van der Waals surface area contributed by atoms with Crippen LogP contribution in [-0.4, -0.2) is 18.1 Å². The first-order valence-corrected chi connectivity index (χ1v) is 15.2. The van der Waals surface area contributed by atoms with E-state index in [1.165, 1.54) is 63.3 Å². The number of pyridine rings is 1. The summed E-state index contributed by atoms with van der Waals surface area (Å²) >= 11 is 0. The van der Waals surface area contributed by atoms with E-state index in [9.17, 15) is 4.79 Å². The fraction of sp³-hybridized carbons (Fsp3) is 0.765. The summed E-state index contributed by atoms with van der Waals surface area (Å²) in [6, 6.07) is 2.10. The van der Waals surface area contributed by atoms with Crippen molar-refractivity contribution >= 4 is 5.97 Å². The number of aromatic nitrogens is 1. The van der Waals surface area contributed by atoms with Gasteiger partial charge in [-0.2, -0.15) is 0 Å². The number of carbonyl (C=O) groups is 1. The lowest BCUT2D eigenvalue weighted by Crippen LogP contribution is -2.63. The minimum atomic E-state index is -0.279.